The number of para-hydroxylation sites is 1. The number of carbonyl (C=O) groups excluding carboxylic acids is 1. The van der Waals surface area contributed by atoms with E-state index in [0.717, 1.165) is 23.5 Å². The minimum Gasteiger partial charge on any atom is -0.468 e. The molecule has 1 heterocycles. The average molecular weight is 414 g/mol. The zero-order valence-electron chi connectivity index (χ0n) is 14.8. The third-order valence-electron chi connectivity index (χ3n) is 4.34. The number of hydrogen-bond acceptors (Lipinski definition) is 5. The lowest BCUT2D eigenvalue weighted by Crippen LogP contribution is -2.48. The third kappa shape index (κ3) is 3.97. The molecular formula is C18H17F3N2O4S. The summed E-state index contributed by atoms with van der Waals surface area (Å²) < 4.78 is 69.3. The summed E-state index contributed by atoms with van der Waals surface area (Å²) in [6, 6.07) is 10.9. The van der Waals surface area contributed by atoms with Gasteiger partial charge in [0.05, 0.1) is 25.0 Å². The summed E-state index contributed by atoms with van der Waals surface area (Å²) in [5, 5.41) is 0. The predicted octanol–water partition coefficient (Wildman–Crippen LogP) is 2.85. The lowest BCUT2D eigenvalue weighted by Gasteiger charge is -2.37. The van der Waals surface area contributed by atoms with Crippen LogP contribution in [0, 0.1) is 0 Å². The monoisotopic (exact) mass is 414 g/mol. The summed E-state index contributed by atoms with van der Waals surface area (Å²) in [5.41, 5.74) is 0.230. The lowest BCUT2D eigenvalue weighted by molar-refractivity contribution is -0.141. The van der Waals surface area contributed by atoms with E-state index in [1.807, 2.05) is 0 Å². The van der Waals surface area contributed by atoms with Gasteiger partial charge in [0.2, 0.25) is 10.0 Å². The molecule has 0 aliphatic carbocycles. The molecule has 0 bridgehead atoms. The summed E-state index contributed by atoms with van der Waals surface area (Å²) in [7, 11) is -2.74. The van der Waals surface area contributed by atoms with Crippen molar-refractivity contribution in [1.29, 1.82) is 0 Å². The Balaban J connectivity index is 1.93. The Morgan fingerprint density at radius 1 is 1.11 bits per heavy atom. The molecule has 0 radical (unpaired) electrons. The molecule has 1 aliphatic heterocycles. The molecule has 0 aromatic heterocycles. The van der Waals surface area contributed by atoms with Crippen LogP contribution in [0.3, 0.4) is 0 Å². The Bertz CT molecular complexity index is 975. The SMILES string of the molecule is COC(=O)CN1CN(Cc2ccc(C(F)(F)F)cc2)c2ccccc2S1(=O)=O. The molecule has 28 heavy (non-hydrogen) atoms. The first-order chi connectivity index (χ1) is 13.1. The van der Waals surface area contributed by atoms with Crippen molar-refractivity contribution in [2.24, 2.45) is 0 Å². The number of ether oxygens (including phenoxy) is 1. The van der Waals surface area contributed by atoms with Gasteiger partial charge in [-0.05, 0) is 29.8 Å². The van der Waals surface area contributed by atoms with Crippen molar-refractivity contribution in [2.75, 3.05) is 25.2 Å². The first-order valence-corrected chi connectivity index (χ1v) is 9.64. The van der Waals surface area contributed by atoms with Crippen molar-refractivity contribution < 1.29 is 31.1 Å². The number of nitrogens with zero attached hydrogens (tertiary/aromatic N) is 2. The van der Waals surface area contributed by atoms with Gasteiger partial charge in [0.1, 0.15) is 11.4 Å². The Labute approximate surface area is 160 Å². The van der Waals surface area contributed by atoms with Gasteiger partial charge in [-0.3, -0.25) is 4.79 Å². The van der Waals surface area contributed by atoms with Crippen molar-refractivity contribution in [3.63, 3.8) is 0 Å². The van der Waals surface area contributed by atoms with Crippen molar-refractivity contribution in [3.05, 3.63) is 59.7 Å². The molecule has 0 atom stereocenters. The summed E-state index contributed by atoms with van der Waals surface area (Å²) in [5.74, 6) is -0.711. The number of halogens is 3. The summed E-state index contributed by atoms with van der Waals surface area (Å²) >= 11 is 0. The van der Waals surface area contributed by atoms with Gasteiger partial charge in [-0.2, -0.15) is 17.5 Å². The number of alkyl halides is 3. The van der Waals surface area contributed by atoms with Gasteiger partial charge >= 0.3 is 12.1 Å². The van der Waals surface area contributed by atoms with E-state index >= 15 is 0 Å². The van der Waals surface area contributed by atoms with E-state index in [-0.39, 0.29) is 18.1 Å². The summed E-state index contributed by atoms with van der Waals surface area (Å²) in [6.07, 6.45) is -4.43. The number of anilines is 1. The van der Waals surface area contributed by atoms with Gasteiger partial charge in [0.25, 0.3) is 0 Å². The van der Waals surface area contributed by atoms with Crippen LogP contribution in [0.4, 0.5) is 18.9 Å². The highest BCUT2D eigenvalue weighted by Gasteiger charge is 2.36. The Kier molecular flexibility index (Phi) is 5.35. The highest BCUT2D eigenvalue weighted by molar-refractivity contribution is 7.89. The first-order valence-electron chi connectivity index (χ1n) is 8.20. The van der Waals surface area contributed by atoms with Gasteiger partial charge in [-0.15, -0.1) is 0 Å². The van der Waals surface area contributed by atoms with Crippen molar-refractivity contribution in [2.45, 2.75) is 17.6 Å². The van der Waals surface area contributed by atoms with Crippen LogP contribution in [0.1, 0.15) is 11.1 Å². The standard InChI is InChI=1S/C18H17F3N2O4S/c1-27-17(24)11-23-12-22(15-4-2-3-5-16(15)28(23,25)26)10-13-6-8-14(9-7-13)18(19,20)21/h2-9H,10-12H2,1H3. The van der Waals surface area contributed by atoms with Gasteiger partial charge in [0, 0.05) is 6.54 Å². The van der Waals surface area contributed by atoms with Crippen LogP contribution in [-0.2, 0) is 32.3 Å². The van der Waals surface area contributed by atoms with Crippen LogP contribution < -0.4 is 4.90 Å². The van der Waals surface area contributed by atoms with Crippen molar-refractivity contribution in [1.82, 2.24) is 4.31 Å². The Morgan fingerprint density at radius 3 is 2.36 bits per heavy atom. The van der Waals surface area contributed by atoms with E-state index < -0.39 is 34.3 Å². The van der Waals surface area contributed by atoms with Crippen LogP contribution in [0.15, 0.2) is 53.4 Å². The molecule has 0 unspecified atom stereocenters. The number of sulfonamides is 1. The molecule has 0 N–H and O–H groups in total. The number of hydrogen-bond donors (Lipinski definition) is 0. The maximum atomic E-state index is 12.8. The minimum absolute atomic E-state index is 0.0251. The Morgan fingerprint density at radius 2 is 1.75 bits per heavy atom. The zero-order chi connectivity index (χ0) is 20.5. The quantitative estimate of drug-likeness (QED) is 0.720. The van der Waals surface area contributed by atoms with Crippen LogP contribution in [0.5, 0.6) is 0 Å². The van der Waals surface area contributed by atoms with Gasteiger partial charge in [-0.1, -0.05) is 24.3 Å². The normalized spacial score (nSPS) is 16.5. The molecule has 0 saturated heterocycles. The fraction of sp³-hybridized carbons (Fsp3) is 0.278. The molecule has 0 amide bonds. The first kappa shape index (κ1) is 20.2. The second-order valence-electron chi connectivity index (χ2n) is 6.19. The van der Waals surface area contributed by atoms with Gasteiger partial charge < -0.3 is 9.64 Å². The van der Waals surface area contributed by atoms with Crippen LogP contribution in [-0.4, -0.2) is 39.0 Å². The Hall–Kier alpha value is -2.59. The van der Waals surface area contributed by atoms with E-state index in [1.165, 1.54) is 18.2 Å². The molecule has 0 fully saturated rings. The number of rotatable bonds is 4. The molecule has 6 nitrogen and oxygen atoms in total. The molecule has 0 spiro atoms. The molecule has 0 saturated carbocycles. The third-order valence-corrected chi connectivity index (χ3v) is 6.17. The number of carbonyl (C=O) groups is 1. The second-order valence-corrected chi connectivity index (χ2v) is 8.10. The predicted molar refractivity (Wildman–Crippen MR) is 94.8 cm³/mol. The maximum absolute atomic E-state index is 12.8. The molecule has 150 valence electrons. The van der Waals surface area contributed by atoms with Crippen molar-refractivity contribution >= 4 is 21.7 Å². The number of benzene rings is 2. The topological polar surface area (TPSA) is 66.9 Å². The molecule has 10 heteroatoms. The van der Waals surface area contributed by atoms with Gasteiger partial charge in [0.15, 0.2) is 0 Å². The highest BCUT2D eigenvalue weighted by atomic mass is 32.2. The van der Waals surface area contributed by atoms with E-state index in [1.54, 1.807) is 23.1 Å². The summed E-state index contributed by atoms with van der Waals surface area (Å²) in [4.78, 5) is 13.3. The smallest absolute Gasteiger partial charge is 0.416 e. The second kappa shape index (κ2) is 7.44. The van der Waals surface area contributed by atoms with Crippen LogP contribution in [0.2, 0.25) is 0 Å². The molecular weight excluding hydrogens is 397 g/mol. The number of esters is 1. The fourth-order valence-electron chi connectivity index (χ4n) is 2.92. The number of fused-ring (bicyclic) bond motifs is 1. The minimum atomic E-state index is -4.43. The molecule has 2 aromatic carbocycles. The lowest BCUT2D eigenvalue weighted by atomic mass is 10.1. The summed E-state index contributed by atoms with van der Waals surface area (Å²) in [6.45, 7) is -0.422. The average Bonchev–Trinajstić information content (AvgIpc) is 2.65. The van der Waals surface area contributed by atoms with E-state index in [2.05, 4.69) is 4.74 Å². The van der Waals surface area contributed by atoms with E-state index in [4.69, 9.17) is 0 Å². The highest BCUT2D eigenvalue weighted by Crippen LogP contribution is 2.34. The van der Waals surface area contributed by atoms with Crippen molar-refractivity contribution in [3.8, 4) is 0 Å². The van der Waals surface area contributed by atoms with E-state index in [9.17, 15) is 26.4 Å². The van der Waals surface area contributed by atoms with Gasteiger partial charge in [-0.25, -0.2) is 8.42 Å². The van der Waals surface area contributed by atoms with Crippen LogP contribution >= 0.6 is 0 Å². The molecule has 3 rings (SSSR count). The fourth-order valence-corrected chi connectivity index (χ4v) is 4.47. The zero-order valence-corrected chi connectivity index (χ0v) is 15.6. The maximum Gasteiger partial charge on any atom is 0.416 e. The molecule has 2 aromatic rings. The number of methoxy groups -OCH3 is 1. The molecule has 1 aliphatic rings. The van der Waals surface area contributed by atoms with Crippen LogP contribution in [0.25, 0.3) is 0 Å². The van der Waals surface area contributed by atoms with E-state index in [0.29, 0.717) is 11.3 Å². The largest absolute Gasteiger partial charge is 0.468 e.